The molecule has 1 rings (SSSR count). The first-order valence-corrected chi connectivity index (χ1v) is 4.20. The van der Waals surface area contributed by atoms with E-state index in [4.69, 9.17) is 5.11 Å². The first-order chi connectivity index (χ1) is 6.59. The average molecular weight is 192 g/mol. The van der Waals surface area contributed by atoms with Crippen molar-refractivity contribution >= 4 is 11.6 Å². The molecule has 0 saturated heterocycles. The van der Waals surface area contributed by atoms with Crippen molar-refractivity contribution in [3.63, 3.8) is 0 Å². The van der Waals surface area contributed by atoms with Crippen LogP contribution in [0.5, 0.6) is 5.75 Å². The second-order valence-electron chi connectivity index (χ2n) is 2.91. The van der Waals surface area contributed by atoms with Gasteiger partial charge in [-0.2, -0.15) is 5.10 Å². The summed E-state index contributed by atoms with van der Waals surface area (Å²) in [4.78, 5) is 10.6. The molecule has 2 N–H and O–H groups in total. The fourth-order valence-corrected chi connectivity index (χ4v) is 0.930. The summed E-state index contributed by atoms with van der Waals surface area (Å²) in [5.41, 5.74) is 3.90. The molecule has 74 valence electrons. The summed E-state index contributed by atoms with van der Waals surface area (Å²) in [5, 5.41) is 12.9. The number of amides is 1. The van der Waals surface area contributed by atoms with Crippen molar-refractivity contribution in [2.75, 3.05) is 0 Å². The Morgan fingerprint density at radius 2 is 1.86 bits per heavy atom. The van der Waals surface area contributed by atoms with E-state index < -0.39 is 0 Å². The van der Waals surface area contributed by atoms with Crippen molar-refractivity contribution in [3.8, 4) is 5.75 Å². The lowest BCUT2D eigenvalue weighted by molar-refractivity contribution is -0.118. The zero-order valence-corrected chi connectivity index (χ0v) is 8.11. The maximum atomic E-state index is 10.6. The molecule has 0 aliphatic carbocycles. The van der Waals surface area contributed by atoms with Gasteiger partial charge >= 0.3 is 0 Å². The van der Waals surface area contributed by atoms with Gasteiger partial charge in [-0.1, -0.05) is 0 Å². The summed E-state index contributed by atoms with van der Waals surface area (Å²) in [7, 11) is 0. The lowest BCUT2D eigenvalue weighted by Crippen LogP contribution is -2.14. The predicted octanol–water partition coefficient (Wildman–Crippen LogP) is 1.25. The molecular weight excluding hydrogens is 180 g/mol. The van der Waals surface area contributed by atoms with Crippen LogP contribution in [0.3, 0.4) is 0 Å². The summed E-state index contributed by atoms with van der Waals surface area (Å²) in [6.07, 6.45) is 0. The van der Waals surface area contributed by atoms with Gasteiger partial charge in [0.1, 0.15) is 5.75 Å². The van der Waals surface area contributed by atoms with E-state index in [2.05, 4.69) is 10.5 Å². The van der Waals surface area contributed by atoms with Gasteiger partial charge in [-0.25, -0.2) is 5.43 Å². The Bertz CT molecular complexity index is 355. The summed E-state index contributed by atoms with van der Waals surface area (Å²) in [6, 6.07) is 6.61. The molecule has 1 amide bonds. The Hall–Kier alpha value is -1.84. The molecule has 0 heterocycles. The Kier molecular flexibility index (Phi) is 3.23. The summed E-state index contributed by atoms with van der Waals surface area (Å²) in [5.74, 6) is 0.00389. The van der Waals surface area contributed by atoms with Gasteiger partial charge in [0.2, 0.25) is 5.91 Å². The van der Waals surface area contributed by atoms with Crippen molar-refractivity contribution in [2.45, 2.75) is 13.8 Å². The van der Waals surface area contributed by atoms with Crippen LogP contribution in [-0.4, -0.2) is 16.7 Å². The van der Waals surface area contributed by atoms with Gasteiger partial charge in [0.15, 0.2) is 0 Å². The summed E-state index contributed by atoms with van der Waals surface area (Å²) in [6.45, 7) is 3.18. The zero-order valence-electron chi connectivity index (χ0n) is 8.11. The number of nitrogens with one attached hydrogen (secondary N) is 1. The van der Waals surface area contributed by atoms with Crippen molar-refractivity contribution in [1.29, 1.82) is 0 Å². The van der Waals surface area contributed by atoms with Gasteiger partial charge in [0.25, 0.3) is 0 Å². The van der Waals surface area contributed by atoms with E-state index >= 15 is 0 Å². The van der Waals surface area contributed by atoms with Gasteiger partial charge in [-0.15, -0.1) is 0 Å². The molecule has 0 radical (unpaired) electrons. The van der Waals surface area contributed by atoms with E-state index in [9.17, 15) is 4.79 Å². The largest absolute Gasteiger partial charge is 0.508 e. The number of hydrogen-bond acceptors (Lipinski definition) is 3. The number of phenolic OH excluding ortho intramolecular Hbond substituents is 1. The number of hydrogen-bond donors (Lipinski definition) is 2. The number of phenols is 1. The number of rotatable bonds is 2. The molecule has 0 atom stereocenters. The Morgan fingerprint density at radius 1 is 1.29 bits per heavy atom. The molecule has 0 aliphatic rings. The number of aromatic hydroxyl groups is 1. The zero-order chi connectivity index (χ0) is 10.6. The van der Waals surface area contributed by atoms with Crippen LogP contribution in [0.25, 0.3) is 0 Å². The molecule has 4 heteroatoms. The highest BCUT2D eigenvalue weighted by Crippen LogP contribution is 2.09. The minimum absolute atomic E-state index is 0.205. The van der Waals surface area contributed by atoms with E-state index in [1.165, 1.54) is 6.92 Å². The molecule has 1 aromatic rings. The quantitative estimate of drug-likeness (QED) is 0.547. The van der Waals surface area contributed by atoms with E-state index in [0.717, 1.165) is 5.56 Å². The minimum atomic E-state index is -0.205. The van der Waals surface area contributed by atoms with Crippen LogP contribution in [0.4, 0.5) is 0 Å². The van der Waals surface area contributed by atoms with Crippen LogP contribution >= 0.6 is 0 Å². The van der Waals surface area contributed by atoms with Gasteiger partial charge < -0.3 is 5.11 Å². The van der Waals surface area contributed by atoms with Crippen LogP contribution in [0.15, 0.2) is 29.4 Å². The molecular formula is C10H12N2O2. The van der Waals surface area contributed by atoms with Crippen molar-refractivity contribution in [1.82, 2.24) is 5.43 Å². The van der Waals surface area contributed by atoms with E-state index in [-0.39, 0.29) is 11.7 Å². The highest BCUT2D eigenvalue weighted by atomic mass is 16.3. The number of carbonyl (C=O) groups excluding carboxylic acids is 1. The van der Waals surface area contributed by atoms with Gasteiger partial charge in [-0.3, -0.25) is 4.79 Å². The average Bonchev–Trinajstić information content (AvgIpc) is 2.15. The predicted molar refractivity (Wildman–Crippen MR) is 54.1 cm³/mol. The van der Waals surface area contributed by atoms with E-state index in [0.29, 0.717) is 5.71 Å². The second kappa shape index (κ2) is 4.41. The maximum absolute atomic E-state index is 10.6. The van der Waals surface area contributed by atoms with Crippen LogP contribution < -0.4 is 5.43 Å². The van der Waals surface area contributed by atoms with Gasteiger partial charge in [0.05, 0.1) is 5.71 Å². The third-order valence-corrected chi connectivity index (χ3v) is 1.67. The van der Waals surface area contributed by atoms with Crippen LogP contribution in [-0.2, 0) is 4.79 Å². The maximum Gasteiger partial charge on any atom is 0.236 e. The summed E-state index contributed by atoms with van der Waals surface area (Å²) >= 11 is 0. The lowest BCUT2D eigenvalue weighted by atomic mass is 10.1. The molecule has 0 bridgehead atoms. The second-order valence-corrected chi connectivity index (χ2v) is 2.91. The SMILES string of the molecule is CC(=O)N/N=C(/C)c1ccc(O)cc1. The van der Waals surface area contributed by atoms with Crippen LogP contribution in [0, 0.1) is 0 Å². The molecule has 0 spiro atoms. The topological polar surface area (TPSA) is 61.7 Å². The molecule has 0 saturated carbocycles. The highest BCUT2D eigenvalue weighted by Gasteiger charge is 1.97. The Balaban J connectivity index is 2.78. The molecule has 1 aromatic carbocycles. The smallest absolute Gasteiger partial charge is 0.236 e. The minimum Gasteiger partial charge on any atom is -0.508 e. The van der Waals surface area contributed by atoms with Gasteiger partial charge in [0, 0.05) is 6.92 Å². The normalized spacial score (nSPS) is 11.1. The number of nitrogens with zero attached hydrogens (tertiary/aromatic N) is 1. The highest BCUT2D eigenvalue weighted by molar-refractivity contribution is 5.99. The van der Waals surface area contributed by atoms with Crippen LogP contribution in [0.2, 0.25) is 0 Å². The first kappa shape index (κ1) is 10.2. The monoisotopic (exact) mass is 192 g/mol. The standard InChI is InChI=1S/C10H12N2O2/c1-7(11-12-8(2)13)9-3-5-10(14)6-4-9/h3-6,14H,1-2H3,(H,12,13)/b11-7-. The molecule has 4 nitrogen and oxygen atoms in total. The van der Waals surface area contributed by atoms with Crippen molar-refractivity contribution < 1.29 is 9.90 Å². The Morgan fingerprint density at radius 3 is 2.36 bits per heavy atom. The number of hydrazone groups is 1. The molecule has 0 fully saturated rings. The third kappa shape index (κ3) is 2.90. The third-order valence-electron chi connectivity index (χ3n) is 1.67. The van der Waals surface area contributed by atoms with E-state index in [1.807, 2.05) is 0 Å². The Labute approximate surface area is 82.3 Å². The molecule has 0 aliphatic heterocycles. The lowest BCUT2D eigenvalue weighted by Gasteiger charge is -2.00. The fourth-order valence-electron chi connectivity index (χ4n) is 0.930. The number of benzene rings is 1. The fraction of sp³-hybridized carbons (Fsp3) is 0.200. The van der Waals surface area contributed by atoms with Crippen LogP contribution in [0.1, 0.15) is 19.4 Å². The first-order valence-electron chi connectivity index (χ1n) is 4.20. The van der Waals surface area contributed by atoms with Crippen molar-refractivity contribution in [2.24, 2.45) is 5.10 Å². The number of carbonyl (C=O) groups is 1. The molecule has 0 aromatic heterocycles. The molecule has 14 heavy (non-hydrogen) atoms. The van der Waals surface area contributed by atoms with Crippen molar-refractivity contribution in [3.05, 3.63) is 29.8 Å². The van der Waals surface area contributed by atoms with Gasteiger partial charge in [-0.05, 0) is 36.8 Å². The summed E-state index contributed by atoms with van der Waals surface area (Å²) < 4.78 is 0. The molecule has 0 unspecified atom stereocenters. The van der Waals surface area contributed by atoms with E-state index in [1.54, 1.807) is 31.2 Å².